The van der Waals surface area contributed by atoms with Gasteiger partial charge in [-0.2, -0.15) is 0 Å². The number of aromatic nitrogens is 2. The maximum atomic E-state index is 13.2. The molecule has 7 nitrogen and oxygen atoms in total. The number of carbonyl (C=O) groups is 1. The maximum Gasteiger partial charge on any atom is 0.226 e. The Kier molecular flexibility index (Phi) is 4.14. The van der Waals surface area contributed by atoms with Gasteiger partial charge in [0.05, 0.1) is 30.7 Å². The fraction of sp³-hybridized carbons (Fsp3) is 0.417. The minimum Gasteiger partial charge on any atom is -0.374 e. The van der Waals surface area contributed by atoms with E-state index in [1.165, 1.54) is 16.0 Å². The van der Waals surface area contributed by atoms with E-state index in [1.807, 2.05) is 6.21 Å². The van der Waals surface area contributed by atoms with Gasteiger partial charge in [0.15, 0.2) is 0 Å². The predicted molar refractivity (Wildman–Crippen MR) is 124 cm³/mol. The number of nitrogens with zero attached hydrogens (tertiary/aromatic N) is 4. The van der Waals surface area contributed by atoms with Gasteiger partial charge in [-0.15, -0.1) is 11.3 Å². The number of ether oxygens (including phenoxy) is 1. The number of hydrogen-bond acceptors (Lipinski definition) is 7. The third-order valence-electron chi connectivity index (χ3n) is 7.28. The zero-order valence-corrected chi connectivity index (χ0v) is 18.4. The van der Waals surface area contributed by atoms with Crippen molar-refractivity contribution in [3.05, 3.63) is 46.1 Å². The highest BCUT2D eigenvalue weighted by molar-refractivity contribution is 7.19. The van der Waals surface area contributed by atoms with E-state index >= 15 is 0 Å². The molecule has 2 aromatic heterocycles. The largest absolute Gasteiger partial charge is 0.374 e. The van der Waals surface area contributed by atoms with Gasteiger partial charge in [0.25, 0.3) is 0 Å². The number of hydrogen-bond donors (Lipinski definition) is 1. The second-order valence-corrected chi connectivity index (χ2v) is 10.3. The quantitative estimate of drug-likeness (QED) is 0.668. The monoisotopic (exact) mass is 445 g/mol. The van der Waals surface area contributed by atoms with Crippen molar-refractivity contribution < 1.29 is 9.53 Å². The van der Waals surface area contributed by atoms with Crippen molar-refractivity contribution in [2.45, 2.75) is 44.4 Å². The summed E-state index contributed by atoms with van der Waals surface area (Å²) in [6.07, 6.45) is 7.40. The Morgan fingerprint density at radius 3 is 3.12 bits per heavy atom. The first-order valence-corrected chi connectivity index (χ1v) is 12.1. The molecule has 3 aromatic rings. The van der Waals surface area contributed by atoms with Crippen LogP contribution in [0.1, 0.15) is 34.4 Å². The standard InChI is InChI=1S/C24H23N5O2S/c30-24(29-10-18-7-17(29)11-31-18)13-2-4-19-20(6-13)32-23-21(19)22(26-12-27-23)28-16-3-1-14-8-25-9-15(14)5-16/h1,3,5,9,12-13,17-18H,2,4,6-8,10-11H2,(H,26,27,28)/t13-,17?,18?/m0/s1. The molecule has 0 radical (unpaired) electrons. The number of anilines is 2. The van der Waals surface area contributed by atoms with Crippen molar-refractivity contribution in [1.82, 2.24) is 14.9 Å². The fourth-order valence-electron chi connectivity index (χ4n) is 5.64. The number of likely N-dealkylation sites (tertiary alicyclic amines) is 1. The average Bonchev–Trinajstić information content (AvgIpc) is 3.60. The molecule has 7 rings (SSSR count). The number of carbonyl (C=O) groups excluding carboxylic acids is 1. The number of rotatable bonds is 3. The van der Waals surface area contributed by atoms with Gasteiger partial charge in [-0.05, 0) is 54.5 Å². The van der Waals surface area contributed by atoms with E-state index in [9.17, 15) is 4.79 Å². The third-order valence-corrected chi connectivity index (χ3v) is 8.44. The summed E-state index contributed by atoms with van der Waals surface area (Å²) in [7, 11) is 0. The van der Waals surface area contributed by atoms with Gasteiger partial charge in [-0.3, -0.25) is 9.79 Å². The van der Waals surface area contributed by atoms with E-state index in [0.717, 1.165) is 66.1 Å². The molecule has 2 bridgehead atoms. The molecule has 1 N–H and O–H groups in total. The molecule has 1 amide bonds. The van der Waals surface area contributed by atoms with Crippen molar-refractivity contribution in [2.75, 3.05) is 18.5 Å². The molecular weight excluding hydrogens is 422 g/mol. The molecule has 3 atom stereocenters. The van der Waals surface area contributed by atoms with Crippen LogP contribution in [0.3, 0.4) is 0 Å². The van der Waals surface area contributed by atoms with Crippen LogP contribution in [0.15, 0.2) is 29.5 Å². The van der Waals surface area contributed by atoms with Gasteiger partial charge < -0.3 is 15.0 Å². The zero-order chi connectivity index (χ0) is 21.2. The lowest BCUT2D eigenvalue weighted by Crippen LogP contribution is -2.45. The van der Waals surface area contributed by atoms with E-state index in [4.69, 9.17) is 4.74 Å². The lowest BCUT2D eigenvalue weighted by Gasteiger charge is -2.32. The SMILES string of the molecule is O=C([C@H]1CCc2c(sc3ncnc(Nc4ccc5c(c4)C=NC5)c23)C1)N1CC2CC1CO2. The fourth-order valence-corrected chi connectivity index (χ4v) is 6.90. The number of nitrogens with one attached hydrogen (secondary N) is 1. The highest BCUT2D eigenvalue weighted by Crippen LogP contribution is 2.41. The van der Waals surface area contributed by atoms with Crippen LogP contribution in [0.2, 0.25) is 0 Å². The highest BCUT2D eigenvalue weighted by atomic mass is 32.1. The Balaban J connectivity index is 1.18. The predicted octanol–water partition coefficient (Wildman–Crippen LogP) is 3.47. The number of fused-ring (bicyclic) bond motifs is 6. The maximum absolute atomic E-state index is 13.2. The second-order valence-electron chi connectivity index (χ2n) is 9.19. The first kappa shape index (κ1) is 18.7. The molecular formula is C24H23N5O2S. The minimum absolute atomic E-state index is 0.0651. The van der Waals surface area contributed by atoms with Crippen molar-refractivity contribution in [2.24, 2.45) is 10.9 Å². The molecule has 162 valence electrons. The summed E-state index contributed by atoms with van der Waals surface area (Å²) < 4.78 is 5.68. The third kappa shape index (κ3) is 2.89. The minimum atomic E-state index is 0.0651. The summed E-state index contributed by atoms with van der Waals surface area (Å²) in [6.45, 7) is 2.23. The molecule has 1 aromatic carbocycles. The zero-order valence-electron chi connectivity index (χ0n) is 17.6. The first-order valence-electron chi connectivity index (χ1n) is 11.3. The Morgan fingerprint density at radius 2 is 2.25 bits per heavy atom. The van der Waals surface area contributed by atoms with Crippen LogP contribution < -0.4 is 5.32 Å². The van der Waals surface area contributed by atoms with E-state index in [0.29, 0.717) is 12.5 Å². The average molecular weight is 446 g/mol. The van der Waals surface area contributed by atoms with Gasteiger partial charge in [0.1, 0.15) is 17.0 Å². The summed E-state index contributed by atoms with van der Waals surface area (Å²) in [5, 5.41) is 4.63. The number of amides is 1. The summed E-state index contributed by atoms with van der Waals surface area (Å²) in [6, 6.07) is 6.62. The lowest BCUT2D eigenvalue weighted by atomic mass is 9.86. The van der Waals surface area contributed by atoms with Crippen LogP contribution in [0, 0.1) is 5.92 Å². The Labute approximate surface area is 189 Å². The number of benzene rings is 1. The van der Waals surface area contributed by atoms with Crippen molar-refractivity contribution in [3.63, 3.8) is 0 Å². The van der Waals surface area contributed by atoms with Gasteiger partial charge in [-0.25, -0.2) is 9.97 Å². The molecule has 32 heavy (non-hydrogen) atoms. The van der Waals surface area contributed by atoms with Crippen LogP contribution in [-0.2, 0) is 28.9 Å². The number of aryl methyl sites for hydroxylation is 1. The van der Waals surface area contributed by atoms with E-state index in [2.05, 4.69) is 43.4 Å². The van der Waals surface area contributed by atoms with E-state index in [-0.39, 0.29) is 18.1 Å². The topological polar surface area (TPSA) is 79.7 Å². The summed E-state index contributed by atoms with van der Waals surface area (Å²) in [5.41, 5.74) is 4.73. The van der Waals surface area contributed by atoms with Crippen LogP contribution in [0.25, 0.3) is 10.2 Å². The molecule has 2 fully saturated rings. The summed E-state index contributed by atoms with van der Waals surface area (Å²) in [4.78, 5) is 31.1. The van der Waals surface area contributed by atoms with E-state index < -0.39 is 0 Å². The Hall–Kier alpha value is -2.84. The smallest absolute Gasteiger partial charge is 0.226 e. The van der Waals surface area contributed by atoms with Gasteiger partial charge in [-0.1, -0.05) is 6.07 Å². The lowest BCUT2D eigenvalue weighted by molar-refractivity contribution is -0.140. The van der Waals surface area contributed by atoms with Crippen LogP contribution >= 0.6 is 11.3 Å². The number of thiophene rings is 1. The molecule has 1 aliphatic carbocycles. The normalized spacial score (nSPS) is 25.4. The second kappa shape index (κ2) is 7.08. The van der Waals surface area contributed by atoms with Gasteiger partial charge in [0, 0.05) is 29.2 Å². The molecule has 5 heterocycles. The summed E-state index contributed by atoms with van der Waals surface area (Å²) >= 11 is 1.72. The molecule has 2 unspecified atom stereocenters. The van der Waals surface area contributed by atoms with Gasteiger partial charge >= 0.3 is 0 Å². The molecule has 3 aliphatic heterocycles. The molecule has 8 heteroatoms. The van der Waals surface area contributed by atoms with Crippen LogP contribution in [0.4, 0.5) is 11.5 Å². The van der Waals surface area contributed by atoms with Gasteiger partial charge in [0.2, 0.25) is 5.91 Å². The number of aliphatic imine (C=N–C) groups is 1. The first-order chi connectivity index (χ1) is 15.7. The summed E-state index contributed by atoms with van der Waals surface area (Å²) in [5.74, 6) is 1.23. The van der Waals surface area contributed by atoms with Crippen LogP contribution in [-0.4, -0.2) is 52.3 Å². The van der Waals surface area contributed by atoms with Crippen LogP contribution in [0.5, 0.6) is 0 Å². The molecule has 0 spiro atoms. The Bertz CT molecular complexity index is 1280. The van der Waals surface area contributed by atoms with Crippen molar-refractivity contribution in [1.29, 1.82) is 0 Å². The molecule has 0 saturated carbocycles. The number of morpholine rings is 1. The van der Waals surface area contributed by atoms with Crippen molar-refractivity contribution in [3.8, 4) is 0 Å². The Morgan fingerprint density at radius 1 is 1.28 bits per heavy atom. The van der Waals surface area contributed by atoms with Crippen molar-refractivity contribution >= 4 is 45.2 Å². The molecule has 2 saturated heterocycles. The van der Waals surface area contributed by atoms with E-state index in [1.54, 1.807) is 17.7 Å². The molecule has 4 aliphatic rings. The highest BCUT2D eigenvalue weighted by Gasteiger charge is 2.43.